The van der Waals surface area contributed by atoms with Crippen LogP contribution in [0.4, 0.5) is 4.39 Å². The first kappa shape index (κ1) is 21.7. The molecule has 0 unspecified atom stereocenters. The Morgan fingerprint density at radius 2 is 1.91 bits per heavy atom. The fourth-order valence-electron chi connectivity index (χ4n) is 4.13. The van der Waals surface area contributed by atoms with Gasteiger partial charge in [-0.2, -0.15) is 0 Å². The number of ether oxygens (including phenoxy) is 2. The van der Waals surface area contributed by atoms with E-state index in [0.717, 1.165) is 16.5 Å². The lowest BCUT2D eigenvalue weighted by molar-refractivity contribution is 0.0240. The standard InChI is InChI=1S/C28H22FNO4/c29-24-9-5-18(16-26(24)34-22-11-14-33-15-12-22)4-6-20-2-1-3-23(28(31)32)27(20)21-8-7-19-10-13-30-25(19)17-21/h1-3,5,7-10,13,16-17,22,30H,11-12,14-15H2,(H,31,32). The monoisotopic (exact) mass is 455 g/mol. The maximum absolute atomic E-state index is 14.3. The number of carbonyl (C=O) groups is 1. The van der Waals surface area contributed by atoms with Crippen LogP contribution in [0.1, 0.15) is 34.3 Å². The number of carboxylic acid groups (broad SMARTS) is 1. The number of halogens is 1. The Balaban J connectivity index is 1.52. The van der Waals surface area contributed by atoms with Crippen LogP contribution in [0.15, 0.2) is 66.9 Å². The molecule has 2 N–H and O–H groups in total. The molecule has 4 aromatic rings. The Bertz CT molecular complexity index is 1420. The molecule has 0 atom stereocenters. The molecule has 1 aromatic heterocycles. The van der Waals surface area contributed by atoms with Gasteiger partial charge in [-0.1, -0.05) is 30.0 Å². The predicted octanol–water partition coefficient (Wildman–Crippen LogP) is 5.63. The number of aromatic amines is 1. The topological polar surface area (TPSA) is 71.6 Å². The zero-order valence-corrected chi connectivity index (χ0v) is 18.3. The van der Waals surface area contributed by atoms with Gasteiger partial charge in [-0.15, -0.1) is 0 Å². The average molecular weight is 455 g/mol. The average Bonchev–Trinajstić information content (AvgIpc) is 3.33. The zero-order valence-electron chi connectivity index (χ0n) is 18.3. The summed E-state index contributed by atoms with van der Waals surface area (Å²) in [6.07, 6.45) is 3.18. The van der Waals surface area contributed by atoms with Crippen LogP contribution in [0.5, 0.6) is 5.75 Å². The SMILES string of the molecule is O=C(O)c1cccc(C#Cc2ccc(F)c(OC3CCOCC3)c2)c1-c1ccc2cc[nH]c2c1. The number of carboxylic acids is 1. The predicted molar refractivity (Wildman–Crippen MR) is 128 cm³/mol. The molecule has 5 rings (SSSR count). The second-order valence-electron chi connectivity index (χ2n) is 8.14. The molecule has 0 saturated carbocycles. The molecule has 1 aliphatic heterocycles. The maximum atomic E-state index is 14.3. The van der Waals surface area contributed by atoms with E-state index in [0.29, 0.717) is 42.7 Å². The highest BCUT2D eigenvalue weighted by Crippen LogP contribution is 2.30. The second kappa shape index (κ2) is 9.42. The van der Waals surface area contributed by atoms with Crippen molar-refractivity contribution in [1.29, 1.82) is 0 Å². The normalized spacial score (nSPS) is 13.9. The summed E-state index contributed by atoms with van der Waals surface area (Å²) in [4.78, 5) is 15.1. The van der Waals surface area contributed by atoms with E-state index in [1.807, 2.05) is 30.5 Å². The van der Waals surface area contributed by atoms with Crippen molar-refractivity contribution in [1.82, 2.24) is 4.98 Å². The molecule has 5 nitrogen and oxygen atoms in total. The molecule has 6 heteroatoms. The lowest BCUT2D eigenvalue weighted by Gasteiger charge is -2.23. The van der Waals surface area contributed by atoms with Crippen molar-refractivity contribution in [2.45, 2.75) is 18.9 Å². The molecule has 3 aromatic carbocycles. The minimum Gasteiger partial charge on any atom is -0.487 e. The summed E-state index contributed by atoms with van der Waals surface area (Å²) in [7, 11) is 0. The van der Waals surface area contributed by atoms with Gasteiger partial charge in [-0.25, -0.2) is 9.18 Å². The Kier molecular flexibility index (Phi) is 6.03. The first-order valence-corrected chi connectivity index (χ1v) is 11.1. The molecular weight excluding hydrogens is 433 g/mol. The Labute approximate surface area is 196 Å². The maximum Gasteiger partial charge on any atom is 0.336 e. The molecule has 0 radical (unpaired) electrons. The number of nitrogens with one attached hydrogen (secondary N) is 1. The van der Waals surface area contributed by atoms with Gasteiger partial charge in [0.2, 0.25) is 0 Å². The number of rotatable bonds is 4. The van der Waals surface area contributed by atoms with Gasteiger partial charge in [0.15, 0.2) is 11.6 Å². The smallest absolute Gasteiger partial charge is 0.336 e. The van der Waals surface area contributed by atoms with E-state index in [4.69, 9.17) is 9.47 Å². The van der Waals surface area contributed by atoms with Crippen LogP contribution in [-0.4, -0.2) is 35.4 Å². The minimum atomic E-state index is -1.03. The number of aromatic nitrogens is 1. The zero-order chi connectivity index (χ0) is 23.5. The van der Waals surface area contributed by atoms with Crippen molar-refractivity contribution in [2.24, 2.45) is 0 Å². The molecule has 0 aliphatic carbocycles. The van der Waals surface area contributed by atoms with Crippen LogP contribution in [0.25, 0.3) is 22.0 Å². The van der Waals surface area contributed by atoms with E-state index in [2.05, 4.69) is 16.8 Å². The summed E-state index contributed by atoms with van der Waals surface area (Å²) < 4.78 is 25.5. The molecule has 1 fully saturated rings. The first-order valence-electron chi connectivity index (χ1n) is 11.1. The Morgan fingerprint density at radius 1 is 1.06 bits per heavy atom. The first-order chi connectivity index (χ1) is 16.6. The third-order valence-electron chi connectivity index (χ3n) is 5.87. The Hall–Kier alpha value is -4.08. The Morgan fingerprint density at radius 3 is 2.74 bits per heavy atom. The third kappa shape index (κ3) is 4.52. The quantitative estimate of drug-likeness (QED) is 0.391. The van der Waals surface area contributed by atoms with Crippen LogP contribution in [-0.2, 0) is 4.74 Å². The van der Waals surface area contributed by atoms with Crippen LogP contribution in [0.2, 0.25) is 0 Å². The van der Waals surface area contributed by atoms with E-state index >= 15 is 0 Å². The van der Waals surface area contributed by atoms with Crippen molar-refractivity contribution < 1.29 is 23.8 Å². The summed E-state index contributed by atoms with van der Waals surface area (Å²) in [5.41, 5.74) is 3.52. The van der Waals surface area contributed by atoms with E-state index < -0.39 is 11.8 Å². The van der Waals surface area contributed by atoms with Crippen molar-refractivity contribution in [2.75, 3.05) is 13.2 Å². The van der Waals surface area contributed by atoms with Crippen LogP contribution in [0, 0.1) is 17.7 Å². The molecule has 1 saturated heterocycles. The van der Waals surface area contributed by atoms with Crippen LogP contribution < -0.4 is 4.74 Å². The van der Waals surface area contributed by atoms with Gasteiger partial charge in [0.05, 0.1) is 18.8 Å². The van der Waals surface area contributed by atoms with Gasteiger partial charge in [-0.05, 0) is 53.4 Å². The van der Waals surface area contributed by atoms with Crippen molar-refractivity contribution >= 4 is 16.9 Å². The van der Waals surface area contributed by atoms with Gasteiger partial charge in [0.1, 0.15) is 6.10 Å². The van der Waals surface area contributed by atoms with Gasteiger partial charge >= 0.3 is 5.97 Å². The molecule has 34 heavy (non-hydrogen) atoms. The van der Waals surface area contributed by atoms with Gasteiger partial charge in [0, 0.05) is 41.2 Å². The molecule has 0 bridgehead atoms. The minimum absolute atomic E-state index is 0.0896. The summed E-state index contributed by atoms with van der Waals surface area (Å²) in [6.45, 7) is 1.20. The highest BCUT2D eigenvalue weighted by molar-refractivity contribution is 5.99. The van der Waals surface area contributed by atoms with Gasteiger partial charge in [0.25, 0.3) is 0 Å². The van der Waals surface area contributed by atoms with E-state index in [1.54, 1.807) is 30.3 Å². The molecular formula is C28H22FNO4. The fourth-order valence-corrected chi connectivity index (χ4v) is 4.13. The highest BCUT2D eigenvalue weighted by Gasteiger charge is 2.18. The van der Waals surface area contributed by atoms with Crippen molar-refractivity contribution in [3.63, 3.8) is 0 Å². The van der Waals surface area contributed by atoms with E-state index in [9.17, 15) is 14.3 Å². The van der Waals surface area contributed by atoms with Crippen LogP contribution >= 0.6 is 0 Å². The summed E-state index contributed by atoms with van der Waals surface area (Å²) in [5.74, 6) is 4.84. The van der Waals surface area contributed by atoms with E-state index in [-0.39, 0.29) is 17.4 Å². The van der Waals surface area contributed by atoms with Crippen molar-refractivity contribution in [3.05, 3.63) is 89.4 Å². The second-order valence-corrected chi connectivity index (χ2v) is 8.14. The molecule has 2 heterocycles. The lowest BCUT2D eigenvalue weighted by Crippen LogP contribution is -2.26. The number of hydrogen-bond acceptors (Lipinski definition) is 3. The fraction of sp³-hybridized carbons (Fsp3) is 0.179. The third-order valence-corrected chi connectivity index (χ3v) is 5.87. The number of benzene rings is 3. The van der Waals surface area contributed by atoms with E-state index in [1.165, 1.54) is 6.07 Å². The molecule has 0 amide bonds. The summed E-state index contributed by atoms with van der Waals surface area (Å²) in [6, 6.07) is 17.3. The molecule has 1 aliphatic rings. The summed E-state index contributed by atoms with van der Waals surface area (Å²) >= 11 is 0. The lowest BCUT2D eigenvalue weighted by atomic mass is 9.93. The number of hydrogen-bond donors (Lipinski definition) is 2. The van der Waals surface area contributed by atoms with Gasteiger partial charge in [-0.3, -0.25) is 0 Å². The van der Waals surface area contributed by atoms with Gasteiger partial charge < -0.3 is 19.6 Å². The van der Waals surface area contributed by atoms with Crippen LogP contribution in [0.3, 0.4) is 0 Å². The number of aromatic carboxylic acids is 1. The summed E-state index contributed by atoms with van der Waals surface area (Å²) in [5, 5.41) is 10.8. The largest absolute Gasteiger partial charge is 0.487 e. The molecule has 0 spiro atoms. The number of fused-ring (bicyclic) bond motifs is 1. The van der Waals surface area contributed by atoms with Crippen molar-refractivity contribution in [3.8, 4) is 28.7 Å². The number of H-pyrrole nitrogens is 1. The molecule has 170 valence electrons. The highest BCUT2D eigenvalue weighted by atomic mass is 19.1.